The molecule has 1 aromatic carbocycles. The quantitative estimate of drug-likeness (QED) is 0.331. The van der Waals surface area contributed by atoms with E-state index in [1.54, 1.807) is 12.3 Å². The molecule has 0 aliphatic carbocycles. The summed E-state index contributed by atoms with van der Waals surface area (Å²) in [6, 6.07) is 20.7. The SMILES string of the molecule is Cc1cc(-c2ccccc2)ccn1.Cc1ccc(-c2cc(CN3CCC(F)(F)C(N)C3)cc(NC=O)n2)cn1. The monoisotopic (exact) mass is 530 g/mol. The molecule has 0 radical (unpaired) electrons. The van der Waals surface area contributed by atoms with Gasteiger partial charge in [0.1, 0.15) is 5.82 Å². The van der Waals surface area contributed by atoms with Crippen molar-refractivity contribution in [3.8, 4) is 22.4 Å². The molecule has 202 valence electrons. The van der Waals surface area contributed by atoms with Gasteiger partial charge in [-0.2, -0.15) is 0 Å². The van der Waals surface area contributed by atoms with Crippen LogP contribution in [0.2, 0.25) is 0 Å². The van der Waals surface area contributed by atoms with E-state index in [4.69, 9.17) is 5.73 Å². The number of nitrogens with one attached hydrogen (secondary N) is 1. The van der Waals surface area contributed by atoms with E-state index in [1.807, 2.05) is 67.4 Å². The smallest absolute Gasteiger partial charge is 0.265 e. The van der Waals surface area contributed by atoms with Crippen LogP contribution in [0.15, 0.2) is 79.1 Å². The summed E-state index contributed by atoms with van der Waals surface area (Å²) in [6.07, 6.45) is 3.86. The van der Waals surface area contributed by atoms with Crippen molar-refractivity contribution in [2.75, 3.05) is 18.4 Å². The zero-order chi connectivity index (χ0) is 27.8. The molecule has 1 fully saturated rings. The Kier molecular flexibility index (Phi) is 9.06. The van der Waals surface area contributed by atoms with E-state index in [9.17, 15) is 13.6 Å². The summed E-state index contributed by atoms with van der Waals surface area (Å²) >= 11 is 0. The van der Waals surface area contributed by atoms with Crippen molar-refractivity contribution in [1.29, 1.82) is 0 Å². The second-order valence-corrected chi connectivity index (χ2v) is 9.60. The van der Waals surface area contributed by atoms with Crippen LogP contribution in [0, 0.1) is 13.8 Å². The minimum absolute atomic E-state index is 0.118. The van der Waals surface area contributed by atoms with E-state index in [1.165, 1.54) is 11.1 Å². The lowest BCUT2D eigenvalue weighted by molar-refractivity contribution is -0.105. The molecule has 7 nitrogen and oxygen atoms in total. The molecule has 4 aromatic rings. The molecular weight excluding hydrogens is 498 g/mol. The number of carbonyl (C=O) groups excluding carboxylic acids is 1. The van der Waals surface area contributed by atoms with E-state index in [-0.39, 0.29) is 19.5 Å². The Morgan fingerprint density at radius 2 is 1.79 bits per heavy atom. The summed E-state index contributed by atoms with van der Waals surface area (Å²) in [4.78, 5) is 25.5. The highest BCUT2D eigenvalue weighted by atomic mass is 19.3. The fourth-order valence-corrected chi connectivity index (χ4v) is 4.33. The molecule has 39 heavy (non-hydrogen) atoms. The van der Waals surface area contributed by atoms with Crippen molar-refractivity contribution < 1.29 is 13.6 Å². The Bertz CT molecular complexity index is 1380. The fraction of sp³-hybridized carbons (Fsp3) is 0.267. The molecular formula is C30H32F2N6O. The highest BCUT2D eigenvalue weighted by Crippen LogP contribution is 2.29. The molecule has 1 atom stereocenters. The number of nitrogens with two attached hydrogens (primary N) is 1. The van der Waals surface area contributed by atoms with E-state index in [0.29, 0.717) is 24.5 Å². The van der Waals surface area contributed by atoms with Gasteiger partial charge in [0.05, 0.1) is 11.7 Å². The number of hydrogen-bond acceptors (Lipinski definition) is 6. The molecule has 1 aliphatic rings. The van der Waals surface area contributed by atoms with Gasteiger partial charge in [-0.15, -0.1) is 0 Å². The van der Waals surface area contributed by atoms with Crippen molar-refractivity contribution in [1.82, 2.24) is 19.9 Å². The van der Waals surface area contributed by atoms with Gasteiger partial charge in [0, 0.05) is 55.4 Å². The van der Waals surface area contributed by atoms with Crippen LogP contribution in [0.1, 0.15) is 23.4 Å². The molecule has 0 bridgehead atoms. The van der Waals surface area contributed by atoms with Crippen LogP contribution in [-0.4, -0.2) is 51.3 Å². The first-order valence-electron chi connectivity index (χ1n) is 12.7. The number of rotatable bonds is 6. The Hall–Kier alpha value is -4.08. The molecule has 1 aliphatic heterocycles. The standard InChI is InChI=1S/C18H21F2N5O.C12H11N/c1-12-2-3-14(8-22-12)15-6-13(7-17(24-15)23-11-26)9-25-5-4-18(19,20)16(21)10-25;1-10-9-12(7-8-13-10)11-5-3-2-4-6-11/h2-3,6-8,11,16H,4-5,9-10,21H2,1H3,(H,23,24,26);2-9H,1H3. The van der Waals surface area contributed by atoms with Crippen LogP contribution in [0.4, 0.5) is 14.6 Å². The molecule has 1 unspecified atom stereocenters. The number of benzene rings is 1. The number of alkyl halides is 2. The summed E-state index contributed by atoms with van der Waals surface area (Å²) < 4.78 is 27.2. The normalized spacial score (nSPS) is 16.6. The average molecular weight is 531 g/mol. The zero-order valence-corrected chi connectivity index (χ0v) is 22.0. The van der Waals surface area contributed by atoms with Gasteiger partial charge in [-0.25, -0.2) is 13.8 Å². The van der Waals surface area contributed by atoms with Gasteiger partial charge in [0.2, 0.25) is 6.41 Å². The number of aryl methyl sites for hydroxylation is 2. The van der Waals surface area contributed by atoms with Crippen molar-refractivity contribution in [3.63, 3.8) is 0 Å². The predicted octanol–water partition coefficient (Wildman–Crippen LogP) is 5.25. The molecule has 0 spiro atoms. The molecule has 4 heterocycles. The van der Waals surface area contributed by atoms with Gasteiger partial charge in [-0.05, 0) is 66.9 Å². The van der Waals surface area contributed by atoms with Crippen molar-refractivity contribution in [2.45, 2.75) is 38.8 Å². The third kappa shape index (κ3) is 7.72. The van der Waals surface area contributed by atoms with Crippen LogP contribution < -0.4 is 11.1 Å². The number of anilines is 1. The number of amides is 1. The van der Waals surface area contributed by atoms with Gasteiger partial charge in [0.15, 0.2) is 0 Å². The number of hydrogen-bond donors (Lipinski definition) is 2. The minimum Gasteiger partial charge on any atom is -0.322 e. The summed E-state index contributed by atoms with van der Waals surface area (Å²) in [5, 5.41) is 2.55. The fourth-order valence-electron chi connectivity index (χ4n) is 4.33. The number of aromatic nitrogens is 3. The predicted molar refractivity (Wildman–Crippen MR) is 149 cm³/mol. The second-order valence-electron chi connectivity index (χ2n) is 9.60. The first-order valence-corrected chi connectivity index (χ1v) is 12.7. The topological polar surface area (TPSA) is 97.0 Å². The summed E-state index contributed by atoms with van der Waals surface area (Å²) in [5.74, 6) is -2.42. The molecule has 3 N–H and O–H groups in total. The Balaban J connectivity index is 0.000000226. The van der Waals surface area contributed by atoms with Gasteiger partial charge in [-0.1, -0.05) is 30.3 Å². The Morgan fingerprint density at radius 3 is 2.46 bits per heavy atom. The van der Waals surface area contributed by atoms with Crippen molar-refractivity contribution >= 4 is 12.2 Å². The highest BCUT2D eigenvalue weighted by Gasteiger charge is 2.41. The van der Waals surface area contributed by atoms with E-state index < -0.39 is 12.0 Å². The molecule has 1 amide bonds. The number of carbonyl (C=O) groups is 1. The van der Waals surface area contributed by atoms with Crippen LogP contribution in [-0.2, 0) is 11.3 Å². The summed E-state index contributed by atoms with van der Waals surface area (Å²) in [7, 11) is 0. The maximum atomic E-state index is 13.6. The number of likely N-dealkylation sites (tertiary alicyclic amines) is 1. The lowest BCUT2D eigenvalue weighted by atomic mass is 10.0. The van der Waals surface area contributed by atoms with E-state index >= 15 is 0 Å². The maximum Gasteiger partial charge on any atom is 0.265 e. The largest absolute Gasteiger partial charge is 0.322 e. The minimum atomic E-state index is -2.82. The summed E-state index contributed by atoms with van der Waals surface area (Å²) in [5.41, 5.74) is 12.3. The molecule has 3 aromatic heterocycles. The summed E-state index contributed by atoms with van der Waals surface area (Å²) in [6.45, 7) is 4.73. The first kappa shape index (κ1) is 27.9. The van der Waals surface area contributed by atoms with Crippen molar-refractivity contribution in [2.24, 2.45) is 5.73 Å². The molecule has 0 saturated carbocycles. The van der Waals surface area contributed by atoms with Crippen molar-refractivity contribution in [3.05, 3.63) is 96.1 Å². The number of piperidine rings is 1. The lowest BCUT2D eigenvalue weighted by Gasteiger charge is -2.36. The maximum absolute atomic E-state index is 13.6. The van der Waals surface area contributed by atoms with Crippen LogP contribution in [0.3, 0.4) is 0 Å². The first-order chi connectivity index (χ1) is 18.7. The Labute approximate surface area is 227 Å². The van der Waals surface area contributed by atoms with Gasteiger partial charge < -0.3 is 11.1 Å². The van der Waals surface area contributed by atoms with Crippen LogP contribution in [0.25, 0.3) is 22.4 Å². The number of halogens is 2. The lowest BCUT2D eigenvalue weighted by Crippen LogP contribution is -2.54. The van der Waals surface area contributed by atoms with E-state index in [0.717, 1.165) is 22.5 Å². The molecule has 5 rings (SSSR count). The molecule has 1 saturated heterocycles. The van der Waals surface area contributed by atoms with Crippen LogP contribution in [0.5, 0.6) is 0 Å². The molecule has 9 heteroatoms. The van der Waals surface area contributed by atoms with Crippen LogP contribution >= 0.6 is 0 Å². The highest BCUT2D eigenvalue weighted by molar-refractivity contribution is 5.71. The van der Waals surface area contributed by atoms with Gasteiger partial charge >= 0.3 is 0 Å². The van der Waals surface area contributed by atoms with Gasteiger partial charge in [0.25, 0.3) is 5.92 Å². The number of pyridine rings is 3. The third-order valence-electron chi connectivity index (χ3n) is 6.47. The average Bonchev–Trinajstić information content (AvgIpc) is 2.92. The third-order valence-corrected chi connectivity index (χ3v) is 6.47. The van der Waals surface area contributed by atoms with Gasteiger partial charge in [-0.3, -0.25) is 19.7 Å². The second kappa shape index (κ2) is 12.6. The van der Waals surface area contributed by atoms with E-state index in [2.05, 4.69) is 38.5 Å². The Morgan fingerprint density at radius 1 is 1.00 bits per heavy atom. The zero-order valence-electron chi connectivity index (χ0n) is 22.0. The number of nitrogens with zero attached hydrogens (tertiary/aromatic N) is 4.